The summed E-state index contributed by atoms with van der Waals surface area (Å²) in [4.78, 5) is 14.1. The molecule has 0 aromatic rings. The topological polar surface area (TPSA) is 52.6 Å². The molecule has 2 unspecified atom stereocenters. The Morgan fingerprint density at radius 2 is 2.00 bits per heavy atom. The maximum Gasteiger partial charge on any atom is 0.234 e. The number of aliphatic hydroxyl groups is 1. The average molecular weight is 254 g/mol. The van der Waals surface area contributed by atoms with E-state index in [1.165, 1.54) is 19.3 Å². The first-order chi connectivity index (χ1) is 8.70. The fraction of sp³-hybridized carbons (Fsp3) is 0.929. The predicted molar refractivity (Wildman–Crippen MR) is 71.2 cm³/mol. The number of nitrogens with zero attached hydrogens (tertiary/aromatic N) is 1. The van der Waals surface area contributed by atoms with E-state index in [1.807, 2.05) is 0 Å². The summed E-state index contributed by atoms with van der Waals surface area (Å²) in [5.74, 6) is 0.829. The van der Waals surface area contributed by atoms with Gasteiger partial charge in [0.1, 0.15) is 0 Å². The van der Waals surface area contributed by atoms with Crippen molar-refractivity contribution in [3.8, 4) is 0 Å². The van der Waals surface area contributed by atoms with Gasteiger partial charge in [-0.15, -0.1) is 0 Å². The Kier molecular flexibility index (Phi) is 5.01. The van der Waals surface area contributed by atoms with E-state index in [0.717, 1.165) is 25.8 Å². The third-order valence-corrected chi connectivity index (χ3v) is 4.54. The second kappa shape index (κ2) is 6.53. The molecule has 1 amide bonds. The number of aliphatic hydroxyl groups excluding tert-OH is 1. The lowest BCUT2D eigenvalue weighted by Gasteiger charge is -2.39. The molecule has 0 spiro atoms. The highest BCUT2D eigenvalue weighted by Gasteiger charge is 2.29. The van der Waals surface area contributed by atoms with Crippen LogP contribution in [-0.2, 0) is 4.79 Å². The van der Waals surface area contributed by atoms with Gasteiger partial charge < -0.3 is 10.4 Å². The van der Waals surface area contributed by atoms with Crippen LogP contribution in [0.5, 0.6) is 0 Å². The molecule has 1 saturated carbocycles. The van der Waals surface area contributed by atoms with Gasteiger partial charge in [-0.25, -0.2) is 0 Å². The van der Waals surface area contributed by atoms with Gasteiger partial charge >= 0.3 is 0 Å². The molecule has 1 aliphatic heterocycles. The number of carbonyl (C=O) groups excluding carboxylic acids is 1. The second-order valence-corrected chi connectivity index (χ2v) is 5.89. The Morgan fingerprint density at radius 1 is 1.28 bits per heavy atom. The molecule has 104 valence electrons. The average Bonchev–Trinajstić information content (AvgIpc) is 2.29. The van der Waals surface area contributed by atoms with Crippen LogP contribution in [0.1, 0.15) is 45.4 Å². The Hall–Kier alpha value is -0.610. The van der Waals surface area contributed by atoms with Gasteiger partial charge in [0, 0.05) is 18.6 Å². The number of amides is 1. The lowest BCUT2D eigenvalue weighted by molar-refractivity contribution is -0.124. The van der Waals surface area contributed by atoms with Crippen LogP contribution in [0.15, 0.2) is 0 Å². The third-order valence-electron chi connectivity index (χ3n) is 4.54. The molecule has 2 fully saturated rings. The minimum absolute atomic E-state index is 0.120. The van der Waals surface area contributed by atoms with Gasteiger partial charge in [0.25, 0.3) is 0 Å². The lowest BCUT2D eigenvalue weighted by Crippen LogP contribution is -2.51. The van der Waals surface area contributed by atoms with E-state index in [1.54, 1.807) is 0 Å². The van der Waals surface area contributed by atoms with Crippen LogP contribution in [0.4, 0.5) is 0 Å². The molecule has 0 aromatic carbocycles. The zero-order valence-corrected chi connectivity index (χ0v) is 11.4. The standard InChI is InChI=1S/C14H26N2O2/c1-11-4-2-7-13(10-17)16(11)9-14(18)15-8-12-5-3-6-12/h11-13,17H,2-10H2,1H3,(H,15,18). The molecule has 0 radical (unpaired) electrons. The quantitative estimate of drug-likeness (QED) is 0.773. The Balaban J connectivity index is 1.75. The number of hydrogen-bond donors (Lipinski definition) is 2. The van der Waals surface area contributed by atoms with Crippen molar-refractivity contribution in [1.82, 2.24) is 10.2 Å². The van der Waals surface area contributed by atoms with Gasteiger partial charge in [-0.1, -0.05) is 12.8 Å². The molecule has 1 saturated heterocycles. The van der Waals surface area contributed by atoms with Gasteiger partial charge in [0.15, 0.2) is 0 Å². The summed E-state index contributed by atoms with van der Waals surface area (Å²) in [6.45, 7) is 3.60. The molecule has 2 N–H and O–H groups in total. The maximum absolute atomic E-state index is 11.9. The highest BCUT2D eigenvalue weighted by atomic mass is 16.3. The van der Waals surface area contributed by atoms with E-state index < -0.39 is 0 Å². The van der Waals surface area contributed by atoms with Crippen molar-refractivity contribution >= 4 is 5.91 Å². The van der Waals surface area contributed by atoms with Crippen LogP contribution in [0, 0.1) is 5.92 Å². The maximum atomic E-state index is 11.9. The van der Waals surface area contributed by atoms with Gasteiger partial charge in [0.2, 0.25) is 5.91 Å². The monoisotopic (exact) mass is 254 g/mol. The van der Waals surface area contributed by atoms with Crippen LogP contribution in [0.3, 0.4) is 0 Å². The van der Waals surface area contributed by atoms with E-state index in [9.17, 15) is 9.90 Å². The van der Waals surface area contributed by atoms with Crippen LogP contribution in [0.25, 0.3) is 0 Å². The summed E-state index contributed by atoms with van der Waals surface area (Å²) >= 11 is 0. The van der Waals surface area contributed by atoms with Crippen molar-refractivity contribution in [2.75, 3.05) is 19.7 Å². The van der Waals surface area contributed by atoms with Crippen molar-refractivity contribution < 1.29 is 9.90 Å². The summed E-state index contributed by atoms with van der Waals surface area (Å²) < 4.78 is 0. The normalized spacial score (nSPS) is 29.9. The fourth-order valence-corrected chi connectivity index (χ4v) is 3.00. The van der Waals surface area contributed by atoms with E-state index in [2.05, 4.69) is 17.1 Å². The zero-order chi connectivity index (χ0) is 13.0. The van der Waals surface area contributed by atoms with Crippen molar-refractivity contribution in [2.24, 2.45) is 5.92 Å². The molecular weight excluding hydrogens is 228 g/mol. The molecule has 2 rings (SSSR count). The number of carbonyl (C=O) groups is 1. The van der Waals surface area contributed by atoms with Crippen molar-refractivity contribution in [3.05, 3.63) is 0 Å². The van der Waals surface area contributed by atoms with Crippen LogP contribution in [0.2, 0.25) is 0 Å². The minimum atomic E-state index is 0.120. The Labute approximate surface area is 110 Å². The Bertz CT molecular complexity index is 279. The molecule has 0 bridgehead atoms. The Morgan fingerprint density at radius 3 is 2.61 bits per heavy atom. The smallest absolute Gasteiger partial charge is 0.234 e. The number of hydrogen-bond acceptors (Lipinski definition) is 3. The third kappa shape index (κ3) is 3.45. The second-order valence-electron chi connectivity index (χ2n) is 5.89. The van der Waals surface area contributed by atoms with E-state index >= 15 is 0 Å². The molecular formula is C14H26N2O2. The zero-order valence-electron chi connectivity index (χ0n) is 11.4. The summed E-state index contributed by atoms with van der Waals surface area (Å²) in [5.41, 5.74) is 0. The summed E-state index contributed by atoms with van der Waals surface area (Å²) in [6.07, 6.45) is 7.14. The van der Waals surface area contributed by atoms with Crippen molar-refractivity contribution in [2.45, 2.75) is 57.5 Å². The van der Waals surface area contributed by atoms with E-state index in [0.29, 0.717) is 18.5 Å². The molecule has 1 heterocycles. The van der Waals surface area contributed by atoms with Gasteiger partial charge in [-0.2, -0.15) is 0 Å². The largest absolute Gasteiger partial charge is 0.395 e. The first-order valence-electron chi connectivity index (χ1n) is 7.34. The summed E-state index contributed by atoms with van der Waals surface area (Å²) in [6, 6.07) is 0.577. The fourth-order valence-electron chi connectivity index (χ4n) is 3.00. The van der Waals surface area contributed by atoms with E-state index in [-0.39, 0.29) is 18.6 Å². The van der Waals surface area contributed by atoms with Crippen LogP contribution >= 0.6 is 0 Å². The molecule has 4 nitrogen and oxygen atoms in total. The van der Waals surface area contributed by atoms with Crippen molar-refractivity contribution in [1.29, 1.82) is 0 Å². The number of likely N-dealkylation sites (tertiary alicyclic amines) is 1. The number of nitrogens with one attached hydrogen (secondary N) is 1. The SMILES string of the molecule is CC1CCCC(CO)N1CC(=O)NCC1CCC1. The van der Waals surface area contributed by atoms with Crippen molar-refractivity contribution in [3.63, 3.8) is 0 Å². The van der Waals surface area contributed by atoms with Crippen LogP contribution < -0.4 is 5.32 Å². The highest BCUT2D eigenvalue weighted by molar-refractivity contribution is 5.78. The summed E-state index contributed by atoms with van der Waals surface area (Å²) in [5, 5.41) is 12.4. The van der Waals surface area contributed by atoms with Gasteiger partial charge in [-0.05, 0) is 38.5 Å². The first kappa shape index (κ1) is 13.8. The molecule has 1 aliphatic carbocycles. The number of rotatable bonds is 5. The molecule has 2 aliphatic rings. The molecule has 2 atom stereocenters. The predicted octanol–water partition coefficient (Wildman–Crippen LogP) is 1.14. The van der Waals surface area contributed by atoms with E-state index in [4.69, 9.17) is 0 Å². The molecule has 4 heteroatoms. The molecule has 0 aromatic heterocycles. The summed E-state index contributed by atoms with van der Waals surface area (Å²) in [7, 11) is 0. The van der Waals surface area contributed by atoms with Gasteiger partial charge in [-0.3, -0.25) is 9.69 Å². The highest BCUT2D eigenvalue weighted by Crippen LogP contribution is 2.25. The molecule has 18 heavy (non-hydrogen) atoms. The number of piperidine rings is 1. The first-order valence-corrected chi connectivity index (χ1v) is 7.34. The van der Waals surface area contributed by atoms with Crippen LogP contribution in [-0.4, -0.2) is 47.7 Å². The minimum Gasteiger partial charge on any atom is -0.395 e. The van der Waals surface area contributed by atoms with Gasteiger partial charge in [0.05, 0.1) is 13.2 Å². The lowest BCUT2D eigenvalue weighted by atomic mass is 9.85.